The number of hydrogen-bond donors (Lipinski definition) is 2. The summed E-state index contributed by atoms with van der Waals surface area (Å²) in [6, 6.07) is 7.85. The minimum absolute atomic E-state index is 0.264. The lowest BCUT2D eigenvalue weighted by Crippen LogP contribution is -2.39. The molecule has 0 aliphatic rings. The number of anilines is 1. The van der Waals surface area contributed by atoms with Crippen LogP contribution in [0.3, 0.4) is 0 Å². The van der Waals surface area contributed by atoms with Crippen LogP contribution in [0, 0.1) is 6.92 Å². The number of nitrogens with one attached hydrogen (secondary N) is 1. The molecule has 0 atom stereocenters. The SMILES string of the molecule is Cc1nc2ccccc2nc1NCC(C)(C)N. The lowest BCUT2D eigenvalue weighted by atomic mass is 10.1. The minimum atomic E-state index is -0.264. The van der Waals surface area contributed by atoms with E-state index in [9.17, 15) is 0 Å². The molecular formula is C13H18N4. The Labute approximate surface area is 101 Å². The van der Waals surface area contributed by atoms with Crippen LogP contribution in [0.15, 0.2) is 24.3 Å². The molecule has 17 heavy (non-hydrogen) atoms. The standard InChI is InChI=1S/C13H18N4/c1-9-12(15-8-13(2,3)14)17-11-7-5-4-6-10(11)16-9/h4-7H,8,14H2,1-3H3,(H,15,17). The summed E-state index contributed by atoms with van der Waals surface area (Å²) in [7, 11) is 0. The monoisotopic (exact) mass is 230 g/mol. The van der Waals surface area contributed by atoms with E-state index in [0.29, 0.717) is 6.54 Å². The average Bonchev–Trinajstić information content (AvgIpc) is 2.25. The van der Waals surface area contributed by atoms with E-state index in [1.165, 1.54) is 0 Å². The van der Waals surface area contributed by atoms with Crippen molar-refractivity contribution in [3.8, 4) is 0 Å². The smallest absolute Gasteiger partial charge is 0.148 e. The molecular weight excluding hydrogens is 212 g/mol. The number of aromatic nitrogens is 2. The molecule has 0 fully saturated rings. The van der Waals surface area contributed by atoms with Crippen molar-refractivity contribution >= 4 is 16.9 Å². The molecule has 1 aromatic heterocycles. The number of fused-ring (bicyclic) bond motifs is 1. The van der Waals surface area contributed by atoms with Crippen LogP contribution in [0.5, 0.6) is 0 Å². The van der Waals surface area contributed by atoms with Crippen molar-refractivity contribution in [1.82, 2.24) is 9.97 Å². The van der Waals surface area contributed by atoms with Gasteiger partial charge in [-0.05, 0) is 32.9 Å². The molecule has 1 heterocycles. The van der Waals surface area contributed by atoms with Crippen LogP contribution >= 0.6 is 0 Å². The zero-order valence-electron chi connectivity index (χ0n) is 10.5. The van der Waals surface area contributed by atoms with E-state index in [1.54, 1.807) is 0 Å². The second-order valence-electron chi connectivity index (χ2n) is 4.99. The molecule has 1 aromatic carbocycles. The first-order chi connectivity index (χ1) is 7.96. The highest BCUT2D eigenvalue weighted by molar-refractivity contribution is 5.76. The van der Waals surface area contributed by atoms with E-state index < -0.39 is 0 Å². The van der Waals surface area contributed by atoms with Gasteiger partial charge in [0, 0.05) is 12.1 Å². The van der Waals surface area contributed by atoms with Crippen LogP contribution in [0.1, 0.15) is 19.5 Å². The highest BCUT2D eigenvalue weighted by Gasteiger charge is 2.12. The summed E-state index contributed by atoms with van der Waals surface area (Å²) in [6.07, 6.45) is 0. The second-order valence-corrected chi connectivity index (χ2v) is 4.99. The third-order valence-corrected chi connectivity index (χ3v) is 2.46. The summed E-state index contributed by atoms with van der Waals surface area (Å²) >= 11 is 0. The number of benzene rings is 1. The van der Waals surface area contributed by atoms with Gasteiger partial charge >= 0.3 is 0 Å². The molecule has 0 amide bonds. The van der Waals surface area contributed by atoms with Gasteiger partial charge in [-0.25, -0.2) is 9.97 Å². The Morgan fingerprint density at radius 3 is 2.35 bits per heavy atom. The Hall–Kier alpha value is -1.68. The summed E-state index contributed by atoms with van der Waals surface area (Å²) in [5, 5.41) is 3.25. The van der Waals surface area contributed by atoms with Gasteiger partial charge in [0.1, 0.15) is 5.82 Å². The summed E-state index contributed by atoms with van der Waals surface area (Å²) in [5.74, 6) is 0.808. The van der Waals surface area contributed by atoms with E-state index in [4.69, 9.17) is 5.73 Å². The summed E-state index contributed by atoms with van der Waals surface area (Å²) in [4.78, 5) is 9.06. The maximum Gasteiger partial charge on any atom is 0.148 e. The topological polar surface area (TPSA) is 63.8 Å². The first-order valence-corrected chi connectivity index (χ1v) is 5.72. The van der Waals surface area contributed by atoms with Crippen LogP contribution in [0.4, 0.5) is 5.82 Å². The predicted octanol–water partition coefficient (Wildman–Crippen LogP) is 2.09. The Kier molecular flexibility index (Phi) is 2.98. The van der Waals surface area contributed by atoms with Crippen molar-refractivity contribution in [1.29, 1.82) is 0 Å². The number of nitrogens with zero attached hydrogens (tertiary/aromatic N) is 2. The lowest BCUT2D eigenvalue weighted by Gasteiger charge is -2.20. The Balaban J connectivity index is 2.31. The maximum absolute atomic E-state index is 5.94. The van der Waals surface area contributed by atoms with Crippen molar-refractivity contribution in [3.05, 3.63) is 30.0 Å². The molecule has 0 aliphatic heterocycles. The maximum atomic E-state index is 5.94. The molecule has 0 spiro atoms. The molecule has 2 rings (SSSR count). The molecule has 0 saturated carbocycles. The average molecular weight is 230 g/mol. The summed E-state index contributed by atoms with van der Waals surface area (Å²) in [6.45, 7) is 6.57. The van der Waals surface area contributed by atoms with Gasteiger partial charge in [-0.1, -0.05) is 12.1 Å². The van der Waals surface area contributed by atoms with Crippen LogP contribution in [-0.2, 0) is 0 Å². The Bertz CT molecular complexity index is 528. The lowest BCUT2D eigenvalue weighted by molar-refractivity contribution is 0.548. The molecule has 4 nitrogen and oxygen atoms in total. The number of aryl methyl sites for hydroxylation is 1. The highest BCUT2D eigenvalue weighted by atomic mass is 15.0. The van der Waals surface area contributed by atoms with Crippen LogP contribution in [0.25, 0.3) is 11.0 Å². The fourth-order valence-electron chi connectivity index (χ4n) is 1.57. The van der Waals surface area contributed by atoms with Gasteiger partial charge in [-0.15, -0.1) is 0 Å². The number of nitrogens with two attached hydrogens (primary N) is 1. The second kappa shape index (κ2) is 4.30. The van der Waals surface area contributed by atoms with E-state index >= 15 is 0 Å². The Morgan fingerprint density at radius 1 is 1.18 bits per heavy atom. The molecule has 0 radical (unpaired) electrons. The van der Waals surface area contributed by atoms with Gasteiger partial charge in [0.15, 0.2) is 0 Å². The van der Waals surface area contributed by atoms with Crippen molar-refractivity contribution in [2.45, 2.75) is 26.3 Å². The fourth-order valence-corrected chi connectivity index (χ4v) is 1.57. The van der Waals surface area contributed by atoms with Crippen LogP contribution < -0.4 is 11.1 Å². The first-order valence-electron chi connectivity index (χ1n) is 5.72. The van der Waals surface area contributed by atoms with Gasteiger partial charge in [-0.3, -0.25) is 0 Å². The third kappa shape index (κ3) is 2.91. The molecule has 0 unspecified atom stereocenters. The normalized spacial score (nSPS) is 11.8. The molecule has 0 aliphatic carbocycles. The molecule has 4 heteroatoms. The zero-order valence-corrected chi connectivity index (χ0v) is 10.5. The largest absolute Gasteiger partial charge is 0.367 e. The van der Waals surface area contributed by atoms with E-state index in [-0.39, 0.29) is 5.54 Å². The predicted molar refractivity (Wildman–Crippen MR) is 71.0 cm³/mol. The van der Waals surface area contributed by atoms with Crippen molar-refractivity contribution in [3.63, 3.8) is 0 Å². The van der Waals surface area contributed by atoms with Crippen LogP contribution in [-0.4, -0.2) is 22.1 Å². The number of hydrogen-bond acceptors (Lipinski definition) is 4. The molecule has 0 saturated heterocycles. The van der Waals surface area contributed by atoms with Gasteiger partial charge in [0.25, 0.3) is 0 Å². The summed E-state index contributed by atoms with van der Waals surface area (Å²) < 4.78 is 0. The van der Waals surface area contributed by atoms with Crippen LogP contribution in [0.2, 0.25) is 0 Å². The van der Waals surface area contributed by atoms with Crippen molar-refractivity contribution < 1.29 is 0 Å². The molecule has 0 bridgehead atoms. The highest BCUT2D eigenvalue weighted by Crippen LogP contribution is 2.16. The van der Waals surface area contributed by atoms with Gasteiger partial charge < -0.3 is 11.1 Å². The van der Waals surface area contributed by atoms with E-state index in [1.807, 2.05) is 45.0 Å². The van der Waals surface area contributed by atoms with Crippen molar-refractivity contribution in [2.24, 2.45) is 5.73 Å². The minimum Gasteiger partial charge on any atom is -0.367 e. The number of rotatable bonds is 3. The Morgan fingerprint density at radius 2 is 1.76 bits per heavy atom. The first kappa shape index (κ1) is 11.8. The third-order valence-electron chi connectivity index (χ3n) is 2.46. The van der Waals surface area contributed by atoms with Gasteiger partial charge in [0.05, 0.1) is 16.7 Å². The van der Waals surface area contributed by atoms with E-state index in [2.05, 4.69) is 15.3 Å². The zero-order chi connectivity index (χ0) is 12.5. The van der Waals surface area contributed by atoms with Gasteiger partial charge in [0.2, 0.25) is 0 Å². The van der Waals surface area contributed by atoms with Gasteiger partial charge in [-0.2, -0.15) is 0 Å². The molecule has 2 aromatic rings. The van der Waals surface area contributed by atoms with E-state index in [0.717, 1.165) is 22.5 Å². The van der Waals surface area contributed by atoms with Crippen molar-refractivity contribution in [2.75, 3.05) is 11.9 Å². The molecule has 90 valence electrons. The summed E-state index contributed by atoms with van der Waals surface area (Å²) in [5.41, 5.74) is 8.39. The molecule has 3 N–H and O–H groups in total. The quantitative estimate of drug-likeness (QED) is 0.847. The fraction of sp³-hybridized carbons (Fsp3) is 0.385. The number of para-hydroxylation sites is 2.